The molecule has 0 unspecified atom stereocenters. The summed E-state index contributed by atoms with van der Waals surface area (Å²) in [6.07, 6.45) is 5.08. The van der Waals surface area contributed by atoms with Crippen LogP contribution in [0.25, 0.3) is 0 Å². The maximum atomic E-state index is 5.66. The molecule has 0 spiro atoms. The number of rotatable bonds is 2. The molecule has 1 aliphatic rings. The number of nitrogens with two attached hydrogens (primary N) is 2. The van der Waals surface area contributed by atoms with Gasteiger partial charge in [0.1, 0.15) is 0 Å². The van der Waals surface area contributed by atoms with Gasteiger partial charge in [-0.25, -0.2) is 0 Å². The predicted molar refractivity (Wildman–Crippen MR) is 46.2 cm³/mol. The Morgan fingerprint density at radius 3 is 2.27 bits per heavy atom. The molecule has 1 fully saturated rings. The highest BCUT2D eigenvalue weighted by atomic mass is 15.2. The Bertz CT molecular complexity index is 153. The van der Waals surface area contributed by atoms with Crippen LogP contribution in [0, 0.1) is 5.92 Å². The molecule has 0 saturated heterocycles. The Morgan fingerprint density at radius 2 is 1.91 bits per heavy atom. The van der Waals surface area contributed by atoms with Crippen molar-refractivity contribution in [2.24, 2.45) is 17.5 Å². The summed E-state index contributed by atoms with van der Waals surface area (Å²) in [7, 11) is 0. The molecule has 64 valence electrons. The van der Waals surface area contributed by atoms with Gasteiger partial charge in [0.2, 0.25) is 0 Å². The summed E-state index contributed by atoms with van der Waals surface area (Å²) in [5.74, 6) is 5.95. The van der Waals surface area contributed by atoms with Gasteiger partial charge in [-0.2, -0.15) is 0 Å². The van der Waals surface area contributed by atoms with Gasteiger partial charge in [0.25, 0.3) is 0 Å². The second-order valence-corrected chi connectivity index (χ2v) is 3.22. The van der Waals surface area contributed by atoms with Gasteiger partial charge in [0, 0.05) is 17.3 Å². The Morgan fingerprint density at radius 1 is 1.36 bits per heavy atom. The van der Waals surface area contributed by atoms with E-state index in [4.69, 9.17) is 11.6 Å². The number of hydrogen-bond donors (Lipinski definition) is 3. The second kappa shape index (κ2) is 3.62. The van der Waals surface area contributed by atoms with Crippen LogP contribution >= 0.6 is 0 Å². The molecule has 0 aromatic carbocycles. The molecule has 0 aromatic heterocycles. The molecule has 1 saturated carbocycles. The van der Waals surface area contributed by atoms with Gasteiger partial charge in [-0.15, -0.1) is 0 Å². The van der Waals surface area contributed by atoms with Crippen molar-refractivity contribution in [3.63, 3.8) is 0 Å². The Hall–Kier alpha value is -0.700. The van der Waals surface area contributed by atoms with E-state index in [0.29, 0.717) is 5.92 Å². The van der Waals surface area contributed by atoms with E-state index in [9.17, 15) is 0 Å². The van der Waals surface area contributed by atoms with E-state index < -0.39 is 0 Å². The minimum absolute atomic E-state index is 0.588. The Balaban J connectivity index is 2.61. The minimum Gasteiger partial charge on any atom is -0.401 e. The van der Waals surface area contributed by atoms with Crippen LogP contribution in [0.15, 0.2) is 11.4 Å². The molecule has 0 bridgehead atoms. The minimum atomic E-state index is 0.588. The van der Waals surface area contributed by atoms with E-state index >= 15 is 0 Å². The topological polar surface area (TPSA) is 64.1 Å². The van der Waals surface area contributed by atoms with Gasteiger partial charge in [-0.05, 0) is 19.8 Å². The summed E-state index contributed by atoms with van der Waals surface area (Å²) in [5.41, 5.74) is 10.2. The van der Waals surface area contributed by atoms with E-state index in [0.717, 1.165) is 11.4 Å². The van der Waals surface area contributed by atoms with E-state index in [1.54, 1.807) is 0 Å². The summed E-state index contributed by atoms with van der Waals surface area (Å²) in [4.78, 5) is 0. The summed E-state index contributed by atoms with van der Waals surface area (Å²) in [5, 5.41) is 0. The lowest BCUT2D eigenvalue weighted by atomic mass is 10.0. The van der Waals surface area contributed by atoms with Gasteiger partial charge in [-0.1, -0.05) is 12.8 Å². The Labute approximate surface area is 67.8 Å². The summed E-state index contributed by atoms with van der Waals surface area (Å²) in [6.45, 7) is 1.90. The molecule has 0 heterocycles. The van der Waals surface area contributed by atoms with Crippen molar-refractivity contribution < 1.29 is 0 Å². The maximum Gasteiger partial charge on any atom is 0.0474 e. The molecule has 3 nitrogen and oxygen atoms in total. The van der Waals surface area contributed by atoms with E-state index in [2.05, 4.69) is 5.43 Å². The van der Waals surface area contributed by atoms with Crippen LogP contribution in [-0.4, -0.2) is 0 Å². The van der Waals surface area contributed by atoms with Crippen molar-refractivity contribution in [3.05, 3.63) is 11.4 Å². The van der Waals surface area contributed by atoms with Crippen molar-refractivity contribution in [1.82, 2.24) is 5.43 Å². The SMILES string of the molecule is C/C(N)=C(/NN)C1CCCC1. The lowest BCUT2D eigenvalue weighted by Crippen LogP contribution is -2.28. The van der Waals surface area contributed by atoms with Crippen molar-refractivity contribution in [2.45, 2.75) is 32.6 Å². The van der Waals surface area contributed by atoms with Crippen LogP contribution < -0.4 is 17.0 Å². The molecule has 1 aliphatic carbocycles. The predicted octanol–water partition coefficient (Wildman–Crippen LogP) is 0.830. The fourth-order valence-corrected chi connectivity index (χ4v) is 1.77. The molecule has 0 radical (unpaired) electrons. The average molecular weight is 155 g/mol. The first-order chi connectivity index (χ1) is 5.25. The molecular formula is C8H17N3. The number of hydrogen-bond acceptors (Lipinski definition) is 3. The smallest absolute Gasteiger partial charge is 0.0474 e. The van der Waals surface area contributed by atoms with Crippen LogP contribution in [0.1, 0.15) is 32.6 Å². The summed E-state index contributed by atoms with van der Waals surface area (Å²) in [6, 6.07) is 0. The maximum absolute atomic E-state index is 5.66. The molecule has 0 amide bonds. The fourth-order valence-electron chi connectivity index (χ4n) is 1.77. The normalized spacial score (nSPS) is 21.6. The van der Waals surface area contributed by atoms with E-state index in [1.807, 2.05) is 6.92 Å². The molecule has 11 heavy (non-hydrogen) atoms. The third kappa shape index (κ3) is 1.87. The highest BCUT2D eigenvalue weighted by Gasteiger charge is 2.19. The molecule has 1 rings (SSSR count). The number of hydrazine groups is 1. The lowest BCUT2D eigenvalue weighted by molar-refractivity contribution is 0.575. The lowest BCUT2D eigenvalue weighted by Gasteiger charge is -2.15. The third-order valence-electron chi connectivity index (χ3n) is 2.34. The highest BCUT2D eigenvalue weighted by Crippen LogP contribution is 2.29. The Kier molecular flexibility index (Phi) is 2.76. The molecule has 0 aromatic rings. The average Bonchev–Trinajstić information content (AvgIpc) is 2.40. The molecule has 0 atom stereocenters. The van der Waals surface area contributed by atoms with Crippen LogP contribution in [-0.2, 0) is 0 Å². The largest absolute Gasteiger partial charge is 0.401 e. The number of allylic oxidation sites excluding steroid dienone is 2. The standard InChI is InChI=1S/C8H17N3/c1-6(9)8(11-10)7-4-2-3-5-7/h7,11H,2-5,9-10H2,1H3/b8-6-. The van der Waals surface area contributed by atoms with Crippen LogP contribution in [0.2, 0.25) is 0 Å². The van der Waals surface area contributed by atoms with Crippen molar-refractivity contribution >= 4 is 0 Å². The zero-order valence-electron chi connectivity index (χ0n) is 7.06. The first-order valence-electron chi connectivity index (χ1n) is 4.18. The zero-order valence-corrected chi connectivity index (χ0v) is 7.06. The molecule has 5 N–H and O–H groups in total. The monoisotopic (exact) mass is 155 g/mol. The first kappa shape index (κ1) is 8.40. The quantitative estimate of drug-likeness (QED) is 0.409. The summed E-state index contributed by atoms with van der Waals surface area (Å²) >= 11 is 0. The van der Waals surface area contributed by atoms with Gasteiger partial charge in [-0.3, -0.25) is 5.84 Å². The summed E-state index contributed by atoms with van der Waals surface area (Å²) < 4.78 is 0. The van der Waals surface area contributed by atoms with Crippen LogP contribution in [0.5, 0.6) is 0 Å². The number of nitrogens with one attached hydrogen (secondary N) is 1. The van der Waals surface area contributed by atoms with Gasteiger partial charge >= 0.3 is 0 Å². The van der Waals surface area contributed by atoms with Crippen molar-refractivity contribution in [2.75, 3.05) is 0 Å². The fraction of sp³-hybridized carbons (Fsp3) is 0.750. The molecule has 3 heteroatoms. The molecule has 0 aliphatic heterocycles. The van der Waals surface area contributed by atoms with E-state index in [-0.39, 0.29) is 0 Å². The zero-order chi connectivity index (χ0) is 8.27. The first-order valence-corrected chi connectivity index (χ1v) is 4.18. The van der Waals surface area contributed by atoms with Crippen LogP contribution in [0.4, 0.5) is 0 Å². The van der Waals surface area contributed by atoms with Crippen molar-refractivity contribution in [3.8, 4) is 0 Å². The highest BCUT2D eigenvalue weighted by molar-refractivity contribution is 5.10. The van der Waals surface area contributed by atoms with Gasteiger partial charge in [0.05, 0.1) is 0 Å². The van der Waals surface area contributed by atoms with E-state index in [1.165, 1.54) is 25.7 Å². The molecular weight excluding hydrogens is 138 g/mol. The van der Waals surface area contributed by atoms with Gasteiger partial charge in [0.15, 0.2) is 0 Å². The van der Waals surface area contributed by atoms with Crippen molar-refractivity contribution in [1.29, 1.82) is 0 Å². The van der Waals surface area contributed by atoms with Gasteiger partial charge < -0.3 is 11.2 Å². The van der Waals surface area contributed by atoms with Crippen LogP contribution in [0.3, 0.4) is 0 Å². The second-order valence-electron chi connectivity index (χ2n) is 3.22. The third-order valence-corrected chi connectivity index (χ3v) is 2.34.